The Morgan fingerprint density at radius 3 is 2.35 bits per heavy atom. The van der Waals surface area contributed by atoms with Gasteiger partial charge in [-0.2, -0.15) is 5.10 Å². The number of hydrogen-bond acceptors (Lipinski definition) is 2. The zero-order chi connectivity index (χ0) is 15.1. The third-order valence-electron chi connectivity index (χ3n) is 4.18. The van der Waals surface area contributed by atoms with Crippen molar-refractivity contribution in [1.82, 2.24) is 15.1 Å². The lowest BCUT2D eigenvalue weighted by molar-refractivity contribution is 0.0621. The number of carbonyl (C=O) groups is 1. The van der Waals surface area contributed by atoms with E-state index < -0.39 is 0 Å². The Morgan fingerprint density at radius 2 is 1.95 bits per heavy atom. The maximum absolute atomic E-state index is 12.8. The fraction of sp³-hybridized carbons (Fsp3) is 0.750. The number of aromatic amines is 1. The summed E-state index contributed by atoms with van der Waals surface area (Å²) in [5.41, 5.74) is 1.54. The standard InChI is InChI=1S/C16H27N3O/c1-10(2)11(3)19(12-7-8-12)15(20)13-9-14(18-17-13)16(4,5)6/h9-12H,7-8H2,1-6H3,(H,17,18)/t11-/m0/s1. The first kappa shape index (κ1) is 15.1. The molecule has 1 aromatic rings. The number of carbonyl (C=O) groups excluding carboxylic acids is 1. The number of rotatable bonds is 4. The van der Waals surface area contributed by atoms with Crippen LogP contribution in [0.5, 0.6) is 0 Å². The summed E-state index contributed by atoms with van der Waals surface area (Å²) in [6.07, 6.45) is 2.25. The van der Waals surface area contributed by atoms with Gasteiger partial charge in [0.05, 0.1) is 0 Å². The van der Waals surface area contributed by atoms with E-state index in [1.165, 1.54) is 0 Å². The number of nitrogens with one attached hydrogen (secondary N) is 1. The molecule has 1 aliphatic carbocycles. The van der Waals surface area contributed by atoms with E-state index in [4.69, 9.17) is 0 Å². The zero-order valence-corrected chi connectivity index (χ0v) is 13.5. The second kappa shape index (κ2) is 5.23. The molecule has 1 atom stereocenters. The molecular weight excluding hydrogens is 250 g/mol. The topological polar surface area (TPSA) is 49.0 Å². The normalized spacial score (nSPS) is 17.4. The van der Waals surface area contributed by atoms with Crippen molar-refractivity contribution < 1.29 is 4.79 Å². The van der Waals surface area contributed by atoms with Crippen molar-refractivity contribution in [3.63, 3.8) is 0 Å². The van der Waals surface area contributed by atoms with Crippen LogP contribution < -0.4 is 0 Å². The molecule has 0 saturated heterocycles. The predicted octanol–water partition coefficient (Wildman–Crippen LogP) is 3.36. The van der Waals surface area contributed by atoms with Gasteiger partial charge >= 0.3 is 0 Å². The van der Waals surface area contributed by atoms with Crippen molar-refractivity contribution in [2.45, 2.75) is 71.9 Å². The Kier molecular flexibility index (Phi) is 3.94. The molecule has 0 bridgehead atoms. The Bertz CT molecular complexity index is 480. The molecule has 1 heterocycles. The number of hydrogen-bond donors (Lipinski definition) is 1. The molecule has 1 N–H and O–H groups in total. The minimum absolute atomic E-state index is 0.0143. The Labute approximate surface area is 121 Å². The first-order valence-electron chi connectivity index (χ1n) is 7.60. The molecule has 1 saturated carbocycles. The minimum Gasteiger partial charge on any atom is -0.331 e. The quantitative estimate of drug-likeness (QED) is 0.917. The van der Waals surface area contributed by atoms with E-state index >= 15 is 0 Å². The Morgan fingerprint density at radius 1 is 1.35 bits per heavy atom. The van der Waals surface area contributed by atoms with E-state index in [2.05, 4.69) is 51.7 Å². The van der Waals surface area contributed by atoms with Crippen LogP contribution in [0.25, 0.3) is 0 Å². The van der Waals surface area contributed by atoms with Crippen molar-refractivity contribution in [1.29, 1.82) is 0 Å². The first-order chi connectivity index (χ1) is 9.21. The van der Waals surface area contributed by atoms with Gasteiger partial charge in [-0.05, 0) is 31.7 Å². The lowest BCUT2D eigenvalue weighted by Crippen LogP contribution is -2.43. The molecule has 0 radical (unpaired) electrons. The number of H-pyrrole nitrogens is 1. The average Bonchev–Trinajstić information content (AvgIpc) is 3.03. The van der Waals surface area contributed by atoms with Crippen LogP contribution >= 0.6 is 0 Å². The van der Waals surface area contributed by atoms with Gasteiger partial charge in [0.1, 0.15) is 5.69 Å². The second-order valence-electron chi connectivity index (χ2n) is 7.35. The fourth-order valence-electron chi connectivity index (χ4n) is 2.30. The number of nitrogens with zero attached hydrogens (tertiary/aromatic N) is 2. The maximum atomic E-state index is 12.8. The van der Waals surface area contributed by atoms with Gasteiger partial charge in [0, 0.05) is 23.2 Å². The van der Waals surface area contributed by atoms with Gasteiger partial charge in [-0.15, -0.1) is 0 Å². The Hall–Kier alpha value is -1.32. The number of aromatic nitrogens is 2. The minimum atomic E-state index is -0.0143. The van der Waals surface area contributed by atoms with Crippen LogP contribution in [-0.2, 0) is 5.41 Å². The average molecular weight is 277 g/mol. The van der Waals surface area contributed by atoms with Gasteiger partial charge in [-0.1, -0.05) is 34.6 Å². The van der Waals surface area contributed by atoms with Gasteiger partial charge in [0.15, 0.2) is 0 Å². The van der Waals surface area contributed by atoms with Crippen LogP contribution in [0.15, 0.2) is 6.07 Å². The summed E-state index contributed by atoms with van der Waals surface area (Å²) >= 11 is 0. The summed E-state index contributed by atoms with van der Waals surface area (Å²) in [6, 6.07) is 2.57. The van der Waals surface area contributed by atoms with Crippen LogP contribution in [0.3, 0.4) is 0 Å². The van der Waals surface area contributed by atoms with Crippen LogP contribution in [0.4, 0.5) is 0 Å². The SMILES string of the molecule is CC(C)[C@H](C)N(C(=O)c1cc(C(C)(C)C)[nH]n1)C1CC1. The van der Waals surface area contributed by atoms with E-state index in [0.29, 0.717) is 17.7 Å². The largest absolute Gasteiger partial charge is 0.331 e. The monoisotopic (exact) mass is 277 g/mol. The van der Waals surface area contributed by atoms with Crippen molar-refractivity contribution in [2.24, 2.45) is 5.92 Å². The third-order valence-corrected chi connectivity index (χ3v) is 4.18. The van der Waals surface area contributed by atoms with Crippen LogP contribution in [-0.4, -0.2) is 33.1 Å². The van der Waals surface area contributed by atoms with Crippen LogP contribution in [0.2, 0.25) is 0 Å². The molecule has 1 aliphatic rings. The molecule has 1 amide bonds. The molecule has 0 aromatic carbocycles. The van der Waals surface area contributed by atoms with Gasteiger partial charge in [0.25, 0.3) is 5.91 Å². The highest BCUT2D eigenvalue weighted by molar-refractivity contribution is 5.93. The highest BCUT2D eigenvalue weighted by atomic mass is 16.2. The summed E-state index contributed by atoms with van der Waals surface area (Å²) in [6.45, 7) is 12.8. The molecule has 112 valence electrons. The maximum Gasteiger partial charge on any atom is 0.274 e. The molecule has 0 aliphatic heterocycles. The van der Waals surface area contributed by atoms with Crippen LogP contribution in [0.1, 0.15) is 70.6 Å². The Balaban J connectivity index is 2.22. The van der Waals surface area contributed by atoms with Gasteiger partial charge in [-0.25, -0.2) is 0 Å². The lowest BCUT2D eigenvalue weighted by Gasteiger charge is -2.31. The predicted molar refractivity (Wildman–Crippen MR) is 80.8 cm³/mol. The summed E-state index contributed by atoms with van der Waals surface area (Å²) in [7, 11) is 0. The third kappa shape index (κ3) is 3.05. The second-order valence-corrected chi connectivity index (χ2v) is 7.35. The molecule has 4 heteroatoms. The fourth-order valence-corrected chi connectivity index (χ4v) is 2.30. The van der Waals surface area contributed by atoms with E-state index in [1.807, 2.05) is 11.0 Å². The summed E-state index contributed by atoms with van der Waals surface area (Å²) in [5, 5.41) is 7.25. The highest BCUT2D eigenvalue weighted by Gasteiger charge is 2.38. The van der Waals surface area contributed by atoms with Gasteiger partial charge < -0.3 is 4.90 Å². The highest BCUT2D eigenvalue weighted by Crippen LogP contribution is 2.32. The molecule has 2 rings (SSSR count). The molecule has 1 fully saturated rings. The molecule has 0 unspecified atom stereocenters. The van der Waals surface area contributed by atoms with Gasteiger partial charge in [-0.3, -0.25) is 9.89 Å². The molecule has 0 spiro atoms. The molecule has 1 aromatic heterocycles. The zero-order valence-electron chi connectivity index (χ0n) is 13.5. The van der Waals surface area contributed by atoms with Crippen molar-refractivity contribution in [3.05, 3.63) is 17.5 Å². The molecular formula is C16H27N3O. The van der Waals surface area contributed by atoms with E-state index in [0.717, 1.165) is 18.5 Å². The summed E-state index contributed by atoms with van der Waals surface area (Å²) in [4.78, 5) is 14.8. The van der Waals surface area contributed by atoms with Crippen LogP contribution in [0, 0.1) is 5.92 Å². The van der Waals surface area contributed by atoms with E-state index in [-0.39, 0.29) is 17.4 Å². The lowest BCUT2D eigenvalue weighted by atomic mass is 9.92. The summed E-state index contributed by atoms with van der Waals surface area (Å²) in [5.74, 6) is 0.529. The molecule has 4 nitrogen and oxygen atoms in total. The first-order valence-corrected chi connectivity index (χ1v) is 7.60. The van der Waals surface area contributed by atoms with Crippen molar-refractivity contribution in [3.8, 4) is 0 Å². The van der Waals surface area contributed by atoms with E-state index in [1.54, 1.807) is 0 Å². The van der Waals surface area contributed by atoms with Crippen molar-refractivity contribution in [2.75, 3.05) is 0 Å². The smallest absolute Gasteiger partial charge is 0.274 e. The summed E-state index contributed by atoms with van der Waals surface area (Å²) < 4.78 is 0. The van der Waals surface area contributed by atoms with E-state index in [9.17, 15) is 4.79 Å². The molecule has 20 heavy (non-hydrogen) atoms. The number of amides is 1. The van der Waals surface area contributed by atoms with Crippen molar-refractivity contribution >= 4 is 5.91 Å². The van der Waals surface area contributed by atoms with Gasteiger partial charge in [0.2, 0.25) is 0 Å².